The Morgan fingerprint density at radius 1 is 1.48 bits per heavy atom. The molecule has 1 saturated heterocycles. The Labute approximate surface area is 143 Å². The van der Waals surface area contributed by atoms with Crippen molar-refractivity contribution in [1.82, 2.24) is 10.6 Å². The maximum Gasteiger partial charge on any atom is 0.191 e. The van der Waals surface area contributed by atoms with Gasteiger partial charge in [-0.25, -0.2) is 0 Å². The van der Waals surface area contributed by atoms with Gasteiger partial charge < -0.3 is 15.4 Å². The fourth-order valence-electron chi connectivity index (χ4n) is 3.16. The quantitative estimate of drug-likeness (QED) is 0.641. The van der Waals surface area contributed by atoms with Gasteiger partial charge in [-0.3, -0.25) is 4.99 Å². The molecule has 23 heavy (non-hydrogen) atoms. The number of hydrogen-bond donors (Lipinski definition) is 2. The van der Waals surface area contributed by atoms with Gasteiger partial charge in [0.2, 0.25) is 0 Å². The second-order valence-electron chi connectivity index (χ2n) is 6.75. The van der Waals surface area contributed by atoms with Crippen molar-refractivity contribution in [2.24, 2.45) is 4.99 Å². The van der Waals surface area contributed by atoms with Crippen LogP contribution in [0.2, 0.25) is 5.02 Å². The number of rotatable bonds is 5. The summed E-state index contributed by atoms with van der Waals surface area (Å²) in [4.78, 5) is 4.74. The molecular weight excluding hydrogens is 310 g/mol. The van der Waals surface area contributed by atoms with E-state index in [1.165, 1.54) is 5.56 Å². The van der Waals surface area contributed by atoms with E-state index in [1.807, 2.05) is 12.1 Å². The van der Waals surface area contributed by atoms with Crippen LogP contribution < -0.4 is 10.6 Å². The molecule has 1 aromatic carbocycles. The zero-order chi connectivity index (χ0) is 16.3. The van der Waals surface area contributed by atoms with Gasteiger partial charge in [-0.1, -0.05) is 23.7 Å². The number of nitrogens with one attached hydrogen (secondary N) is 2. The first-order valence-electron chi connectivity index (χ1n) is 8.54. The number of aliphatic imine (C=N–C) groups is 1. The van der Waals surface area contributed by atoms with Gasteiger partial charge in [0.1, 0.15) is 0 Å². The summed E-state index contributed by atoms with van der Waals surface area (Å²) in [6.45, 7) is 6.66. The largest absolute Gasteiger partial charge is 0.373 e. The lowest BCUT2D eigenvalue weighted by Crippen LogP contribution is -2.40. The molecule has 3 atom stereocenters. The summed E-state index contributed by atoms with van der Waals surface area (Å²) in [6, 6.07) is 8.58. The number of benzene rings is 1. The van der Waals surface area contributed by atoms with Crippen LogP contribution in [0, 0.1) is 0 Å². The van der Waals surface area contributed by atoms with E-state index >= 15 is 0 Å². The van der Waals surface area contributed by atoms with Crippen LogP contribution in [0.15, 0.2) is 29.3 Å². The molecule has 0 amide bonds. The molecule has 1 aliphatic heterocycles. The standard InChI is InChI=1S/C18H26ClN3O/c1-3-20-17(21-12-18(2)8-5-9-23-18)22-16-11-15(16)13-6-4-7-14(19)10-13/h4,6-7,10,15-16H,3,5,8-9,11-12H2,1-2H3,(H2,20,21,22). The Morgan fingerprint density at radius 3 is 3.04 bits per heavy atom. The van der Waals surface area contributed by atoms with E-state index in [0.29, 0.717) is 18.5 Å². The highest BCUT2D eigenvalue weighted by atomic mass is 35.5. The molecule has 1 heterocycles. The van der Waals surface area contributed by atoms with Crippen molar-refractivity contribution >= 4 is 17.6 Å². The van der Waals surface area contributed by atoms with Crippen LogP contribution in [0.4, 0.5) is 0 Å². The van der Waals surface area contributed by atoms with Crippen molar-refractivity contribution in [3.05, 3.63) is 34.9 Å². The van der Waals surface area contributed by atoms with E-state index < -0.39 is 0 Å². The molecule has 1 aromatic rings. The molecular formula is C18H26ClN3O. The van der Waals surface area contributed by atoms with Crippen LogP contribution >= 0.6 is 11.6 Å². The lowest BCUT2D eigenvalue weighted by Gasteiger charge is -2.21. The van der Waals surface area contributed by atoms with Gasteiger partial charge in [-0.2, -0.15) is 0 Å². The zero-order valence-corrected chi connectivity index (χ0v) is 14.7. The minimum Gasteiger partial charge on any atom is -0.373 e. The van der Waals surface area contributed by atoms with Crippen molar-refractivity contribution in [1.29, 1.82) is 0 Å². The molecule has 0 radical (unpaired) electrons. The summed E-state index contributed by atoms with van der Waals surface area (Å²) < 4.78 is 5.82. The Balaban J connectivity index is 1.58. The number of hydrogen-bond acceptors (Lipinski definition) is 2. The van der Waals surface area contributed by atoms with E-state index in [-0.39, 0.29) is 5.60 Å². The third-order valence-electron chi connectivity index (χ3n) is 4.61. The minimum atomic E-state index is -0.0989. The first kappa shape index (κ1) is 16.6. The molecule has 1 aliphatic carbocycles. The van der Waals surface area contributed by atoms with Crippen LogP contribution in [0.25, 0.3) is 0 Å². The normalized spacial score (nSPS) is 30.3. The molecule has 3 rings (SSSR count). The fraction of sp³-hybridized carbons (Fsp3) is 0.611. The van der Waals surface area contributed by atoms with E-state index in [2.05, 4.69) is 36.6 Å². The smallest absolute Gasteiger partial charge is 0.191 e. The number of halogens is 1. The first-order chi connectivity index (χ1) is 11.1. The van der Waals surface area contributed by atoms with Gasteiger partial charge in [-0.05, 0) is 50.8 Å². The van der Waals surface area contributed by atoms with Gasteiger partial charge in [-0.15, -0.1) is 0 Å². The molecule has 2 aliphatic rings. The first-order valence-corrected chi connectivity index (χ1v) is 8.92. The Hall–Kier alpha value is -1.26. The Kier molecular flexibility index (Phi) is 5.12. The molecule has 1 saturated carbocycles. The number of ether oxygens (including phenoxy) is 1. The molecule has 126 valence electrons. The third kappa shape index (κ3) is 4.39. The van der Waals surface area contributed by atoms with Crippen LogP contribution in [0.5, 0.6) is 0 Å². The van der Waals surface area contributed by atoms with Crippen molar-refractivity contribution in [3.63, 3.8) is 0 Å². The van der Waals surface area contributed by atoms with Gasteiger partial charge in [0.15, 0.2) is 5.96 Å². The van der Waals surface area contributed by atoms with Crippen molar-refractivity contribution in [2.45, 2.75) is 50.7 Å². The maximum atomic E-state index is 6.09. The molecule has 4 nitrogen and oxygen atoms in total. The molecule has 3 unspecified atom stereocenters. The molecule has 0 bridgehead atoms. The van der Waals surface area contributed by atoms with Crippen molar-refractivity contribution in [3.8, 4) is 0 Å². The second kappa shape index (κ2) is 7.10. The van der Waals surface area contributed by atoms with Crippen LogP contribution in [0.3, 0.4) is 0 Å². The predicted molar refractivity (Wildman–Crippen MR) is 95.3 cm³/mol. The monoisotopic (exact) mass is 335 g/mol. The highest BCUT2D eigenvalue weighted by Gasteiger charge is 2.39. The summed E-state index contributed by atoms with van der Waals surface area (Å²) in [5, 5.41) is 7.68. The summed E-state index contributed by atoms with van der Waals surface area (Å²) in [6.07, 6.45) is 3.35. The van der Waals surface area contributed by atoms with Crippen molar-refractivity contribution < 1.29 is 4.74 Å². The highest BCUT2D eigenvalue weighted by Crippen LogP contribution is 2.41. The minimum absolute atomic E-state index is 0.0989. The number of nitrogens with zero attached hydrogens (tertiary/aromatic N) is 1. The summed E-state index contributed by atoms with van der Waals surface area (Å²) >= 11 is 6.09. The van der Waals surface area contributed by atoms with E-state index in [0.717, 1.165) is 43.4 Å². The van der Waals surface area contributed by atoms with Crippen LogP contribution in [0.1, 0.15) is 44.6 Å². The Bertz CT molecular complexity index is 569. The Morgan fingerprint density at radius 2 is 2.35 bits per heavy atom. The zero-order valence-electron chi connectivity index (χ0n) is 13.9. The van der Waals surface area contributed by atoms with Crippen LogP contribution in [-0.4, -0.2) is 37.3 Å². The van der Waals surface area contributed by atoms with Crippen molar-refractivity contribution in [2.75, 3.05) is 19.7 Å². The highest BCUT2D eigenvalue weighted by molar-refractivity contribution is 6.30. The van der Waals surface area contributed by atoms with Gasteiger partial charge >= 0.3 is 0 Å². The third-order valence-corrected chi connectivity index (χ3v) is 4.84. The lowest BCUT2D eigenvalue weighted by atomic mass is 10.0. The average molecular weight is 336 g/mol. The SMILES string of the molecule is CCNC(=NCC1(C)CCCO1)NC1CC1c1cccc(Cl)c1. The van der Waals surface area contributed by atoms with E-state index in [4.69, 9.17) is 21.3 Å². The fourth-order valence-corrected chi connectivity index (χ4v) is 3.36. The van der Waals surface area contributed by atoms with Crippen LogP contribution in [-0.2, 0) is 4.74 Å². The van der Waals surface area contributed by atoms with Gasteiger partial charge in [0.25, 0.3) is 0 Å². The molecule has 0 aromatic heterocycles. The predicted octanol–water partition coefficient (Wildman–Crippen LogP) is 3.32. The maximum absolute atomic E-state index is 6.09. The summed E-state index contributed by atoms with van der Waals surface area (Å²) in [5.41, 5.74) is 1.20. The average Bonchev–Trinajstić information content (AvgIpc) is 3.16. The van der Waals surface area contributed by atoms with E-state index in [9.17, 15) is 0 Å². The topological polar surface area (TPSA) is 45.7 Å². The lowest BCUT2D eigenvalue weighted by molar-refractivity contribution is 0.0283. The summed E-state index contributed by atoms with van der Waals surface area (Å²) in [7, 11) is 0. The molecule has 5 heteroatoms. The summed E-state index contributed by atoms with van der Waals surface area (Å²) in [5.74, 6) is 1.41. The van der Waals surface area contributed by atoms with Gasteiger partial charge in [0, 0.05) is 30.1 Å². The van der Waals surface area contributed by atoms with Gasteiger partial charge in [0.05, 0.1) is 12.1 Å². The second-order valence-corrected chi connectivity index (χ2v) is 7.18. The molecule has 2 N–H and O–H groups in total. The number of guanidine groups is 1. The molecule has 2 fully saturated rings. The molecule has 0 spiro atoms. The van der Waals surface area contributed by atoms with E-state index in [1.54, 1.807) is 0 Å².